The Balaban J connectivity index is 1.75. The molecule has 1 saturated heterocycles. The van der Waals surface area contributed by atoms with Gasteiger partial charge in [-0.15, -0.1) is 0 Å². The maximum Gasteiger partial charge on any atom is 0.0773 e. The van der Waals surface area contributed by atoms with Gasteiger partial charge < -0.3 is 19.6 Å². The summed E-state index contributed by atoms with van der Waals surface area (Å²) in [6.07, 6.45) is 18.1. The number of aliphatic hydroxyl groups is 1. The van der Waals surface area contributed by atoms with Crippen molar-refractivity contribution in [3.05, 3.63) is 0 Å². The lowest BCUT2D eigenvalue weighted by molar-refractivity contribution is 0.0264. The maximum absolute atomic E-state index is 10.0. The SMILES string of the molecule is CCCCCCCCCCCCCCC(O)COCCCN1CCN(C)CC1. The Morgan fingerprint density at radius 2 is 1.29 bits per heavy atom. The fourth-order valence-electron chi connectivity index (χ4n) is 3.99. The Morgan fingerprint density at radius 1 is 0.750 bits per heavy atom. The lowest BCUT2D eigenvalue weighted by Crippen LogP contribution is -2.44. The van der Waals surface area contributed by atoms with Gasteiger partial charge >= 0.3 is 0 Å². The van der Waals surface area contributed by atoms with E-state index in [9.17, 15) is 5.11 Å². The van der Waals surface area contributed by atoms with Crippen molar-refractivity contribution in [3.8, 4) is 0 Å². The van der Waals surface area contributed by atoms with Crippen molar-refractivity contribution in [2.24, 2.45) is 0 Å². The van der Waals surface area contributed by atoms with Gasteiger partial charge in [0.15, 0.2) is 0 Å². The minimum absolute atomic E-state index is 0.272. The third-order valence-corrected chi connectivity index (χ3v) is 6.06. The maximum atomic E-state index is 10.0. The number of hydrogen-bond donors (Lipinski definition) is 1. The minimum Gasteiger partial charge on any atom is -0.391 e. The van der Waals surface area contributed by atoms with Crippen LogP contribution >= 0.6 is 0 Å². The number of hydrogen-bond acceptors (Lipinski definition) is 4. The van der Waals surface area contributed by atoms with E-state index in [1.165, 1.54) is 96.8 Å². The molecular weight excluding hydrogens is 348 g/mol. The molecule has 0 radical (unpaired) electrons. The molecule has 0 amide bonds. The van der Waals surface area contributed by atoms with Gasteiger partial charge in [-0.1, -0.05) is 84.0 Å². The van der Waals surface area contributed by atoms with Gasteiger partial charge in [0.1, 0.15) is 0 Å². The second kappa shape index (κ2) is 18.8. The van der Waals surface area contributed by atoms with Gasteiger partial charge in [-0.05, 0) is 19.9 Å². The number of nitrogens with zero attached hydrogens (tertiary/aromatic N) is 2. The lowest BCUT2D eigenvalue weighted by atomic mass is 10.0. The standard InChI is InChI=1S/C24H50N2O2/c1-3-4-5-6-7-8-9-10-11-12-13-14-16-24(27)23-28-22-15-17-26-20-18-25(2)19-21-26/h24,27H,3-23H2,1-2H3. The van der Waals surface area contributed by atoms with Crippen LogP contribution in [0.25, 0.3) is 0 Å². The fraction of sp³-hybridized carbons (Fsp3) is 1.00. The van der Waals surface area contributed by atoms with E-state index in [-0.39, 0.29) is 6.10 Å². The highest BCUT2D eigenvalue weighted by Gasteiger charge is 2.12. The zero-order valence-electron chi connectivity index (χ0n) is 19.2. The van der Waals surface area contributed by atoms with Crippen LogP contribution in [0.2, 0.25) is 0 Å². The zero-order valence-corrected chi connectivity index (χ0v) is 19.2. The summed E-state index contributed by atoms with van der Waals surface area (Å²) in [7, 11) is 2.19. The number of likely N-dealkylation sites (N-methyl/N-ethyl adjacent to an activating group) is 1. The van der Waals surface area contributed by atoms with E-state index in [0.717, 1.165) is 32.4 Å². The molecule has 4 nitrogen and oxygen atoms in total. The van der Waals surface area contributed by atoms with Crippen LogP contribution in [0, 0.1) is 0 Å². The van der Waals surface area contributed by atoms with E-state index >= 15 is 0 Å². The first-order valence-corrected chi connectivity index (χ1v) is 12.4. The molecule has 1 aliphatic rings. The number of unbranched alkanes of at least 4 members (excludes halogenated alkanes) is 11. The van der Waals surface area contributed by atoms with Gasteiger partial charge in [0, 0.05) is 39.3 Å². The van der Waals surface area contributed by atoms with E-state index in [0.29, 0.717) is 6.61 Å². The summed E-state index contributed by atoms with van der Waals surface area (Å²) >= 11 is 0. The molecule has 1 N–H and O–H groups in total. The number of ether oxygens (including phenoxy) is 1. The summed E-state index contributed by atoms with van der Waals surface area (Å²) in [5, 5.41) is 10.0. The van der Waals surface area contributed by atoms with Crippen LogP contribution < -0.4 is 0 Å². The van der Waals surface area contributed by atoms with Crippen LogP contribution in [0.4, 0.5) is 0 Å². The zero-order chi connectivity index (χ0) is 20.3. The highest BCUT2D eigenvalue weighted by atomic mass is 16.5. The Bertz CT molecular complexity index is 320. The van der Waals surface area contributed by atoms with Gasteiger partial charge in [-0.25, -0.2) is 0 Å². The summed E-state index contributed by atoms with van der Waals surface area (Å²) in [6.45, 7) is 9.42. The van der Waals surface area contributed by atoms with Gasteiger partial charge in [-0.3, -0.25) is 0 Å². The van der Waals surface area contributed by atoms with Crippen LogP contribution in [-0.4, -0.2) is 74.0 Å². The molecule has 0 saturated carbocycles. The van der Waals surface area contributed by atoms with Crippen molar-refractivity contribution in [3.63, 3.8) is 0 Å². The molecule has 1 rings (SSSR count). The lowest BCUT2D eigenvalue weighted by Gasteiger charge is -2.32. The first kappa shape index (κ1) is 25.9. The topological polar surface area (TPSA) is 35.9 Å². The predicted octanol–water partition coefficient (Wildman–Crippen LogP) is 5.09. The molecule has 1 atom stereocenters. The average Bonchev–Trinajstić information content (AvgIpc) is 2.70. The largest absolute Gasteiger partial charge is 0.391 e. The van der Waals surface area contributed by atoms with Crippen LogP contribution in [0.3, 0.4) is 0 Å². The molecule has 168 valence electrons. The highest BCUT2D eigenvalue weighted by molar-refractivity contribution is 4.68. The molecule has 1 aliphatic heterocycles. The number of piperazine rings is 1. The second-order valence-corrected chi connectivity index (χ2v) is 8.90. The van der Waals surface area contributed by atoms with Crippen molar-refractivity contribution in [1.82, 2.24) is 9.80 Å². The van der Waals surface area contributed by atoms with Crippen molar-refractivity contribution in [2.75, 3.05) is 53.0 Å². The smallest absolute Gasteiger partial charge is 0.0773 e. The molecular formula is C24H50N2O2. The monoisotopic (exact) mass is 398 g/mol. The Morgan fingerprint density at radius 3 is 1.86 bits per heavy atom. The summed E-state index contributed by atoms with van der Waals surface area (Å²) < 4.78 is 5.68. The molecule has 0 aromatic heterocycles. The molecule has 0 spiro atoms. The average molecular weight is 399 g/mol. The molecule has 0 bridgehead atoms. The summed E-state index contributed by atoms with van der Waals surface area (Å²) in [5.41, 5.74) is 0. The summed E-state index contributed by atoms with van der Waals surface area (Å²) in [4.78, 5) is 4.91. The van der Waals surface area contributed by atoms with Gasteiger partial charge in [0.2, 0.25) is 0 Å². The van der Waals surface area contributed by atoms with Crippen molar-refractivity contribution in [2.45, 2.75) is 103 Å². The van der Waals surface area contributed by atoms with E-state index in [1.54, 1.807) is 0 Å². The van der Waals surface area contributed by atoms with Gasteiger partial charge in [0.25, 0.3) is 0 Å². The molecule has 0 aromatic carbocycles. The second-order valence-electron chi connectivity index (χ2n) is 8.90. The van der Waals surface area contributed by atoms with Crippen LogP contribution in [0.1, 0.15) is 96.8 Å². The summed E-state index contributed by atoms with van der Waals surface area (Å²) in [5.74, 6) is 0. The third kappa shape index (κ3) is 15.7. The van der Waals surface area contributed by atoms with Gasteiger partial charge in [-0.2, -0.15) is 0 Å². The highest BCUT2D eigenvalue weighted by Crippen LogP contribution is 2.13. The molecule has 0 aliphatic carbocycles. The number of aliphatic hydroxyl groups excluding tert-OH is 1. The van der Waals surface area contributed by atoms with Crippen molar-refractivity contribution < 1.29 is 9.84 Å². The van der Waals surface area contributed by atoms with Crippen LogP contribution in [-0.2, 0) is 4.74 Å². The molecule has 0 aromatic rings. The van der Waals surface area contributed by atoms with E-state index in [4.69, 9.17) is 4.74 Å². The quantitative estimate of drug-likeness (QED) is 0.307. The van der Waals surface area contributed by atoms with E-state index < -0.39 is 0 Å². The van der Waals surface area contributed by atoms with Crippen LogP contribution in [0.15, 0.2) is 0 Å². The van der Waals surface area contributed by atoms with Gasteiger partial charge in [0.05, 0.1) is 12.7 Å². The molecule has 28 heavy (non-hydrogen) atoms. The normalized spacial score (nSPS) is 17.2. The Hall–Kier alpha value is -0.160. The fourth-order valence-corrected chi connectivity index (χ4v) is 3.99. The first-order valence-electron chi connectivity index (χ1n) is 12.4. The van der Waals surface area contributed by atoms with E-state index in [1.807, 2.05) is 0 Å². The minimum atomic E-state index is -0.272. The van der Waals surface area contributed by atoms with Crippen LogP contribution in [0.5, 0.6) is 0 Å². The Labute approximate surface area is 176 Å². The predicted molar refractivity (Wildman–Crippen MR) is 121 cm³/mol. The molecule has 1 unspecified atom stereocenters. The molecule has 1 fully saturated rings. The Kier molecular flexibility index (Phi) is 17.4. The van der Waals surface area contributed by atoms with Crippen molar-refractivity contribution >= 4 is 0 Å². The third-order valence-electron chi connectivity index (χ3n) is 6.06. The van der Waals surface area contributed by atoms with Crippen molar-refractivity contribution in [1.29, 1.82) is 0 Å². The molecule has 4 heteroatoms. The first-order chi connectivity index (χ1) is 13.7. The number of rotatable bonds is 19. The van der Waals surface area contributed by atoms with E-state index in [2.05, 4.69) is 23.8 Å². The molecule has 1 heterocycles. The summed E-state index contributed by atoms with van der Waals surface area (Å²) in [6, 6.07) is 0.